The maximum Gasteiger partial charge on any atom is 0.181 e. The second-order valence-corrected chi connectivity index (χ2v) is 4.99. The first-order valence-corrected chi connectivity index (χ1v) is 6.89. The summed E-state index contributed by atoms with van der Waals surface area (Å²) in [4.78, 5) is 16.0. The number of carbonyl (C=O) groups is 1. The van der Waals surface area contributed by atoms with E-state index < -0.39 is 4.83 Å². The van der Waals surface area contributed by atoms with Crippen LogP contribution >= 0.6 is 32.9 Å². The number of ketones is 1. The van der Waals surface area contributed by atoms with Crippen LogP contribution in [0.15, 0.2) is 42.7 Å². The number of carbonyl (C=O) groups excluding carboxylic acids is 1. The molecule has 0 radical (unpaired) electrons. The minimum atomic E-state index is -0.413. The van der Waals surface area contributed by atoms with Crippen LogP contribution < -0.4 is 9.47 Å². The van der Waals surface area contributed by atoms with E-state index in [0.717, 1.165) is 5.56 Å². The van der Waals surface area contributed by atoms with Crippen LogP contribution in [-0.4, -0.2) is 25.0 Å². The third kappa shape index (κ3) is 4.04. The van der Waals surface area contributed by atoms with Gasteiger partial charge in [0.2, 0.25) is 0 Å². The van der Waals surface area contributed by atoms with Crippen molar-refractivity contribution in [3.8, 4) is 11.5 Å². The number of ether oxygens (including phenoxy) is 2. The summed E-state index contributed by atoms with van der Waals surface area (Å²) in [6.07, 6.45) is 3.32. The maximum absolute atomic E-state index is 12.4. The Labute approximate surface area is 142 Å². The molecule has 0 aliphatic heterocycles. The molecule has 1 heterocycles. The number of alkyl halides is 1. The van der Waals surface area contributed by atoms with Crippen molar-refractivity contribution in [1.82, 2.24) is 4.98 Å². The summed E-state index contributed by atoms with van der Waals surface area (Å²) < 4.78 is 10.4. The van der Waals surface area contributed by atoms with Crippen molar-refractivity contribution in [2.75, 3.05) is 14.2 Å². The highest BCUT2D eigenvalue weighted by molar-refractivity contribution is 9.09. The summed E-state index contributed by atoms with van der Waals surface area (Å²) in [5, 5.41) is 0. The van der Waals surface area contributed by atoms with Crippen molar-refractivity contribution in [3.63, 3.8) is 0 Å². The second kappa shape index (κ2) is 8.14. The largest absolute Gasteiger partial charge is 0.493 e. The van der Waals surface area contributed by atoms with Gasteiger partial charge in [0, 0.05) is 18.0 Å². The summed E-state index contributed by atoms with van der Waals surface area (Å²) in [6, 6.07) is 8.73. The average Bonchev–Trinajstić information content (AvgIpc) is 2.53. The number of pyridine rings is 1. The first kappa shape index (κ1) is 17.7. The van der Waals surface area contributed by atoms with Gasteiger partial charge in [-0.3, -0.25) is 9.78 Å². The lowest BCUT2D eigenvalue weighted by molar-refractivity contribution is 0.0991. The van der Waals surface area contributed by atoms with Gasteiger partial charge in [0.1, 0.15) is 4.83 Å². The first-order valence-electron chi connectivity index (χ1n) is 5.97. The van der Waals surface area contributed by atoms with Gasteiger partial charge in [0.25, 0.3) is 0 Å². The number of Topliss-reactive ketones (excluding diaryl/α,β-unsaturated/α-hetero) is 1. The Bertz CT molecular complexity index is 605. The molecular weight excluding hydrogens is 402 g/mol. The highest BCUT2D eigenvalue weighted by atomic mass is 79.9. The molecule has 0 fully saturated rings. The van der Waals surface area contributed by atoms with E-state index in [-0.39, 0.29) is 22.8 Å². The van der Waals surface area contributed by atoms with Gasteiger partial charge in [-0.1, -0.05) is 15.9 Å². The summed E-state index contributed by atoms with van der Waals surface area (Å²) in [7, 11) is 3.10. The molecule has 21 heavy (non-hydrogen) atoms. The molecule has 1 aromatic carbocycles. The van der Waals surface area contributed by atoms with Crippen molar-refractivity contribution < 1.29 is 14.3 Å². The van der Waals surface area contributed by atoms with E-state index in [9.17, 15) is 4.79 Å². The molecule has 0 aliphatic rings. The average molecular weight is 417 g/mol. The Hall–Kier alpha value is -1.40. The van der Waals surface area contributed by atoms with Gasteiger partial charge in [0.05, 0.1) is 14.2 Å². The lowest BCUT2D eigenvalue weighted by Gasteiger charge is -2.12. The van der Waals surface area contributed by atoms with Crippen molar-refractivity contribution in [1.29, 1.82) is 0 Å². The number of hydrogen-bond acceptors (Lipinski definition) is 4. The van der Waals surface area contributed by atoms with Gasteiger partial charge in [0.15, 0.2) is 17.3 Å². The number of rotatable bonds is 5. The van der Waals surface area contributed by atoms with Crippen molar-refractivity contribution >= 4 is 38.7 Å². The predicted molar refractivity (Wildman–Crippen MR) is 90.1 cm³/mol. The SMILES string of the molecule is Br.COc1ccc(C(=O)C(Br)c2ccncc2)cc1OC. The number of halogens is 2. The minimum Gasteiger partial charge on any atom is -0.493 e. The van der Waals surface area contributed by atoms with E-state index in [0.29, 0.717) is 17.1 Å². The molecule has 0 saturated heterocycles. The molecule has 0 aliphatic carbocycles. The normalized spacial score (nSPS) is 11.2. The molecule has 1 atom stereocenters. The highest BCUT2D eigenvalue weighted by Crippen LogP contribution is 2.32. The number of aromatic nitrogens is 1. The number of nitrogens with zero attached hydrogens (tertiary/aromatic N) is 1. The van der Waals surface area contributed by atoms with E-state index in [4.69, 9.17) is 9.47 Å². The number of benzene rings is 1. The molecule has 0 saturated carbocycles. The third-order valence-corrected chi connectivity index (χ3v) is 3.84. The summed E-state index contributed by atoms with van der Waals surface area (Å²) in [5.41, 5.74) is 1.42. The fraction of sp³-hybridized carbons (Fsp3) is 0.200. The zero-order chi connectivity index (χ0) is 14.5. The Morgan fingerprint density at radius 2 is 1.71 bits per heavy atom. The maximum atomic E-state index is 12.4. The molecule has 0 spiro atoms. The van der Waals surface area contributed by atoms with Crippen LogP contribution in [0.1, 0.15) is 20.7 Å². The Balaban J connectivity index is 0.00000220. The standard InChI is InChI=1S/C15H14BrNO3.BrH/c1-19-12-4-3-11(9-13(12)20-2)15(18)14(16)10-5-7-17-8-6-10;/h3-9,14H,1-2H3;1H. The van der Waals surface area contributed by atoms with Crippen LogP contribution in [0.4, 0.5) is 0 Å². The zero-order valence-electron chi connectivity index (χ0n) is 11.6. The smallest absolute Gasteiger partial charge is 0.181 e. The summed E-state index contributed by atoms with van der Waals surface area (Å²) >= 11 is 3.42. The zero-order valence-corrected chi connectivity index (χ0v) is 14.9. The first-order chi connectivity index (χ1) is 9.67. The second-order valence-electron chi connectivity index (χ2n) is 4.08. The molecular formula is C15H15Br2NO3. The lowest BCUT2D eigenvalue weighted by atomic mass is 10.0. The number of hydrogen-bond donors (Lipinski definition) is 0. The predicted octanol–water partition coefficient (Wildman–Crippen LogP) is 4.00. The molecule has 0 amide bonds. The van der Waals surface area contributed by atoms with Crippen LogP contribution in [0.3, 0.4) is 0 Å². The van der Waals surface area contributed by atoms with Gasteiger partial charge in [-0.15, -0.1) is 17.0 Å². The topological polar surface area (TPSA) is 48.4 Å². The quantitative estimate of drug-likeness (QED) is 0.546. The summed E-state index contributed by atoms with van der Waals surface area (Å²) in [5.74, 6) is 1.09. The van der Waals surface area contributed by atoms with Crippen molar-refractivity contribution in [3.05, 3.63) is 53.9 Å². The summed E-state index contributed by atoms with van der Waals surface area (Å²) in [6.45, 7) is 0. The van der Waals surface area contributed by atoms with E-state index in [2.05, 4.69) is 20.9 Å². The van der Waals surface area contributed by atoms with Crippen LogP contribution in [0, 0.1) is 0 Å². The fourth-order valence-corrected chi connectivity index (χ4v) is 2.39. The molecule has 6 heteroatoms. The van der Waals surface area contributed by atoms with E-state index in [1.54, 1.807) is 56.9 Å². The molecule has 1 aromatic heterocycles. The van der Waals surface area contributed by atoms with Crippen molar-refractivity contribution in [2.24, 2.45) is 0 Å². The minimum absolute atomic E-state index is 0. The molecule has 2 rings (SSSR count). The van der Waals surface area contributed by atoms with Gasteiger partial charge in [-0.05, 0) is 35.9 Å². The highest BCUT2D eigenvalue weighted by Gasteiger charge is 2.20. The van der Waals surface area contributed by atoms with Crippen LogP contribution in [0.5, 0.6) is 11.5 Å². The fourth-order valence-electron chi connectivity index (χ4n) is 1.82. The van der Waals surface area contributed by atoms with Gasteiger partial charge in [-0.2, -0.15) is 0 Å². The Kier molecular flexibility index (Phi) is 6.84. The van der Waals surface area contributed by atoms with Crippen molar-refractivity contribution in [2.45, 2.75) is 4.83 Å². The lowest BCUT2D eigenvalue weighted by Crippen LogP contribution is -2.07. The number of methoxy groups -OCH3 is 2. The van der Waals surface area contributed by atoms with E-state index >= 15 is 0 Å². The van der Waals surface area contributed by atoms with Gasteiger partial charge >= 0.3 is 0 Å². The van der Waals surface area contributed by atoms with Crippen LogP contribution in [-0.2, 0) is 0 Å². The molecule has 112 valence electrons. The molecule has 4 nitrogen and oxygen atoms in total. The molecule has 1 unspecified atom stereocenters. The molecule has 0 bridgehead atoms. The molecule has 0 N–H and O–H groups in total. The van der Waals surface area contributed by atoms with Crippen LogP contribution in [0.2, 0.25) is 0 Å². The third-order valence-electron chi connectivity index (χ3n) is 2.90. The Morgan fingerprint density at radius 1 is 1.10 bits per heavy atom. The molecule has 2 aromatic rings. The van der Waals surface area contributed by atoms with Crippen LogP contribution in [0.25, 0.3) is 0 Å². The van der Waals surface area contributed by atoms with E-state index in [1.807, 2.05) is 0 Å². The van der Waals surface area contributed by atoms with E-state index in [1.165, 1.54) is 0 Å². The van der Waals surface area contributed by atoms with Gasteiger partial charge < -0.3 is 9.47 Å². The van der Waals surface area contributed by atoms with Gasteiger partial charge in [-0.25, -0.2) is 0 Å². The Morgan fingerprint density at radius 3 is 2.29 bits per heavy atom. The monoisotopic (exact) mass is 415 g/mol.